The molecule has 6 nitrogen and oxygen atoms in total. The van der Waals surface area contributed by atoms with Crippen LogP contribution < -0.4 is 0 Å². The van der Waals surface area contributed by atoms with E-state index in [-0.39, 0.29) is 37.6 Å². The van der Waals surface area contributed by atoms with Crippen molar-refractivity contribution in [3.05, 3.63) is 65.0 Å². The smallest absolute Gasteiger partial charge is 0.295 e. The van der Waals surface area contributed by atoms with Gasteiger partial charge in [0.1, 0.15) is 0 Å². The van der Waals surface area contributed by atoms with E-state index in [0.717, 1.165) is 12.1 Å². The molecule has 4 rings (SSSR count). The number of alkyl halides is 2. The van der Waals surface area contributed by atoms with Crippen LogP contribution in [0.1, 0.15) is 33.0 Å². The minimum Gasteiger partial charge on any atom is -0.337 e. The summed E-state index contributed by atoms with van der Waals surface area (Å²) in [6, 6.07) is 7.43. The SMILES string of the molecule is O=C(c1ccc(F)c(F)c1)N1CCN(C(=O)c2ccc3nc(C(F)F)[nH]c3c2)CC1. The highest BCUT2D eigenvalue weighted by Gasteiger charge is 2.26. The summed E-state index contributed by atoms with van der Waals surface area (Å²) in [5, 5.41) is 0. The van der Waals surface area contributed by atoms with Crippen LogP contribution in [0.4, 0.5) is 17.6 Å². The summed E-state index contributed by atoms with van der Waals surface area (Å²) in [5.41, 5.74) is 1.02. The predicted molar refractivity (Wildman–Crippen MR) is 99.2 cm³/mol. The number of carbonyl (C=O) groups excluding carboxylic acids is 2. The second-order valence-corrected chi connectivity index (χ2v) is 6.87. The summed E-state index contributed by atoms with van der Waals surface area (Å²) in [6.07, 6.45) is -2.74. The number of carbonyl (C=O) groups is 2. The van der Waals surface area contributed by atoms with Gasteiger partial charge in [-0.3, -0.25) is 9.59 Å². The summed E-state index contributed by atoms with van der Waals surface area (Å²) in [7, 11) is 0. The van der Waals surface area contributed by atoms with Gasteiger partial charge in [-0.1, -0.05) is 0 Å². The van der Waals surface area contributed by atoms with E-state index in [1.165, 1.54) is 29.2 Å². The van der Waals surface area contributed by atoms with Crippen molar-refractivity contribution >= 4 is 22.8 Å². The van der Waals surface area contributed by atoms with Crippen molar-refractivity contribution in [2.45, 2.75) is 6.43 Å². The summed E-state index contributed by atoms with van der Waals surface area (Å²) >= 11 is 0. The maximum Gasteiger partial charge on any atom is 0.295 e. The highest BCUT2D eigenvalue weighted by Crippen LogP contribution is 2.22. The van der Waals surface area contributed by atoms with Gasteiger partial charge < -0.3 is 14.8 Å². The number of amides is 2. The molecule has 2 heterocycles. The summed E-state index contributed by atoms with van der Waals surface area (Å²) in [5.74, 6) is -3.33. The van der Waals surface area contributed by atoms with Gasteiger partial charge in [-0.25, -0.2) is 22.5 Å². The Bertz CT molecular complexity index is 1120. The molecule has 2 aromatic carbocycles. The number of imidazole rings is 1. The molecule has 0 bridgehead atoms. The molecule has 156 valence electrons. The molecule has 30 heavy (non-hydrogen) atoms. The van der Waals surface area contributed by atoms with Crippen LogP contribution in [0.2, 0.25) is 0 Å². The van der Waals surface area contributed by atoms with E-state index in [1.807, 2.05) is 0 Å². The average molecular weight is 420 g/mol. The first-order chi connectivity index (χ1) is 14.3. The van der Waals surface area contributed by atoms with Gasteiger partial charge >= 0.3 is 0 Å². The van der Waals surface area contributed by atoms with Gasteiger partial charge in [0.2, 0.25) is 0 Å². The fraction of sp³-hybridized carbons (Fsp3) is 0.250. The Kier molecular flexibility index (Phi) is 5.15. The first kappa shape index (κ1) is 19.9. The van der Waals surface area contributed by atoms with Gasteiger partial charge in [0, 0.05) is 37.3 Å². The second-order valence-electron chi connectivity index (χ2n) is 6.87. The highest BCUT2D eigenvalue weighted by atomic mass is 19.3. The van der Waals surface area contributed by atoms with Crippen LogP contribution in [0.25, 0.3) is 11.0 Å². The molecule has 0 unspecified atom stereocenters. The van der Waals surface area contributed by atoms with Crippen molar-refractivity contribution in [2.24, 2.45) is 0 Å². The van der Waals surface area contributed by atoms with Gasteiger partial charge in [-0.2, -0.15) is 0 Å². The van der Waals surface area contributed by atoms with E-state index >= 15 is 0 Å². The molecular formula is C20H16F4N4O2. The first-order valence-electron chi connectivity index (χ1n) is 9.15. The number of aromatic amines is 1. The molecule has 1 saturated heterocycles. The maximum atomic E-state index is 13.4. The van der Waals surface area contributed by atoms with Crippen LogP contribution >= 0.6 is 0 Å². The number of nitrogens with zero attached hydrogens (tertiary/aromatic N) is 3. The quantitative estimate of drug-likeness (QED) is 0.661. The Morgan fingerprint density at radius 1 is 0.867 bits per heavy atom. The molecule has 0 atom stereocenters. The lowest BCUT2D eigenvalue weighted by Gasteiger charge is -2.34. The van der Waals surface area contributed by atoms with E-state index in [2.05, 4.69) is 9.97 Å². The second kappa shape index (κ2) is 7.77. The van der Waals surface area contributed by atoms with E-state index in [4.69, 9.17) is 0 Å². The van der Waals surface area contributed by atoms with Crippen molar-refractivity contribution in [3.8, 4) is 0 Å². The zero-order valence-corrected chi connectivity index (χ0v) is 15.5. The van der Waals surface area contributed by atoms with Crippen LogP contribution in [-0.4, -0.2) is 57.8 Å². The summed E-state index contributed by atoms with van der Waals surface area (Å²) in [4.78, 5) is 34.5. The predicted octanol–water partition coefficient (Wildman–Crippen LogP) is 3.38. The Labute approximate surface area is 168 Å². The fourth-order valence-corrected chi connectivity index (χ4v) is 3.37. The number of hydrogen-bond donors (Lipinski definition) is 1. The van der Waals surface area contributed by atoms with Gasteiger partial charge in [-0.05, 0) is 36.4 Å². The van der Waals surface area contributed by atoms with Crippen LogP contribution in [0.3, 0.4) is 0 Å². The third kappa shape index (κ3) is 3.72. The Morgan fingerprint density at radius 2 is 1.43 bits per heavy atom. The molecule has 3 aromatic rings. The van der Waals surface area contributed by atoms with Gasteiger partial charge in [0.15, 0.2) is 17.5 Å². The van der Waals surface area contributed by atoms with Crippen LogP contribution in [-0.2, 0) is 0 Å². The third-order valence-electron chi connectivity index (χ3n) is 4.97. The van der Waals surface area contributed by atoms with Gasteiger partial charge in [0.05, 0.1) is 11.0 Å². The molecule has 1 aromatic heterocycles. The number of hydrogen-bond acceptors (Lipinski definition) is 3. The summed E-state index contributed by atoms with van der Waals surface area (Å²) < 4.78 is 52.0. The minimum atomic E-state index is -2.74. The lowest BCUT2D eigenvalue weighted by Crippen LogP contribution is -2.50. The fourth-order valence-electron chi connectivity index (χ4n) is 3.37. The van der Waals surface area contributed by atoms with E-state index < -0.39 is 29.8 Å². The van der Waals surface area contributed by atoms with Crippen LogP contribution in [0, 0.1) is 11.6 Å². The largest absolute Gasteiger partial charge is 0.337 e. The lowest BCUT2D eigenvalue weighted by molar-refractivity contribution is 0.0535. The molecule has 1 fully saturated rings. The van der Waals surface area contributed by atoms with Gasteiger partial charge in [-0.15, -0.1) is 0 Å². The Balaban J connectivity index is 1.43. The maximum absolute atomic E-state index is 13.4. The number of piperazine rings is 1. The first-order valence-corrected chi connectivity index (χ1v) is 9.15. The molecule has 0 saturated carbocycles. The molecule has 0 aliphatic carbocycles. The lowest BCUT2D eigenvalue weighted by atomic mass is 10.1. The standard InChI is InChI=1S/C20H16F4N4O2/c21-13-3-1-11(9-14(13)22)19(29)27-5-7-28(8-6-27)20(30)12-2-4-15-16(10-12)26-18(25-15)17(23)24/h1-4,9-10,17H,5-8H2,(H,25,26). The van der Waals surface area contributed by atoms with Crippen LogP contribution in [0.5, 0.6) is 0 Å². The number of nitrogens with one attached hydrogen (secondary N) is 1. The third-order valence-corrected chi connectivity index (χ3v) is 4.97. The molecule has 1 aliphatic heterocycles. The van der Waals surface area contributed by atoms with E-state index in [0.29, 0.717) is 16.6 Å². The van der Waals surface area contributed by atoms with Crippen LogP contribution in [0.15, 0.2) is 36.4 Å². The topological polar surface area (TPSA) is 69.3 Å². The molecule has 0 radical (unpaired) electrons. The van der Waals surface area contributed by atoms with E-state index in [9.17, 15) is 27.2 Å². The Morgan fingerprint density at radius 3 is 2.00 bits per heavy atom. The number of H-pyrrole nitrogens is 1. The molecule has 1 aliphatic rings. The number of fused-ring (bicyclic) bond motifs is 1. The van der Waals surface area contributed by atoms with Crippen molar-refractivity contribution in [3.63, 3.8) is 0 Å². The van der Waals surface area contributed by atoms with Crippen molar-refractivity contribution in [2.75, 3.05) is 26.2 Å². The minimum absolute atomic E-state index is 0.0354. The highest BCUT2D eigenvalue weighted by molar-refractivity contribution is 5.98. The van der Waals surface area contributed by atoms with Crippen molar-refractivity contribution < 1.29 is 27.2 Å². The molecular weight excluding hydrogens is 404 g/mol. The summed E-state index contributed by atoms with van der Waals surface area (Å²) in [6.45, 7) is 0.950. The zero-order valence-electron chi connectivity index (χ0n) is 15.5. The Hall–Kier alpha value is -3.43. The normalized spacial score (nSPS) is 14.6. The van der Waals surface area contributed by atoms with E-state index in [1.54, 1.807) is 4.90 Å². The zero-order chi connectivity index (χ0) is 21.4. The van der Waals surface area contributed by atoms with Crippen molar-refractivity contribution in [1.29, 1.82) is 0 Å². The molecule has 2 amide bonds. The number of rotatable bonds is 3. The van der Waals surface area contributed by atoms with Crippen molar-refractivity contribution in [1.82, 2.24) is 19.8 Å². The number of benzene rings is 2. The number of aromatic nitrogens is 2. The molecule has 0 spiro atoms. The average Bonchev–Trinajstić information content (AvgIpc) is 3.18. The number of halogens is 4. The molecule has 1 N–H and O–H groups in total. The van der Waals surface area contributed by atoms with Gasteiger partial charge in [0.25, 0.3) is 18.2 Å². The molecule has 10 heteroatoms. The monoisotopic (exact) mass is 420 g/mol.